The van der Waals surface area contributed by atoms with Gasteiger partial charge in [0.25, 0.3) is 0 Å². The van der Waals surface area contributed by atoms with E-state index in [1.54, 1.807) is 13.8 Å². The summed E-state index contributed by atoms with van der Waals surface area (Å²) in [5.74, 6) is 0.253. The van der Waals surface area contributed by atoms with Crippen LogP contribution in [0.1, 0.15) is 79.6 Å². The second-order valence-corrected chi connectivity index (χ2v) is 7.87. The van der Waals surface area contributed by atoms with Gasteiger partial charge in [-0.25, -0.2) is 14.6 Å². The van der Waals surface area contributed by atoms with Crippen LogP contribution < -0.4 is 5.32 Å². The van der Waals surface area contributed by atoms with Crippen molar-refractivity contribution in [2.24, 2.45) is 9.98 Å². The molecule has 0 fully saturated rings. The molecule has 8 nitrogen and oxygen atoms in total. The van der Waals surface area contributed by atoms with E-state index in [2.05, 4.69) is 35.7 Å². The first-order chi connectivity index (χ1) is 14.7. The fourth-order valence-corrected chi connectivity index (χ4v) is 2.67. The summed E-state index contributed by atoms with van der Waals surface area (Å²) in [5.41, 5.74) is -0.261. The van der Waals surface area contributed by atoms with E-state index in [9.17, 15) is 9.59 Å². The van der Waals surface area contributed by atoms with E-state index in [0.29, 0.717) is 12.2 Å². The largest absolute Gasteiger partial charge is 0.462 e. The highest BCUT2D eigenvalue weighted by Crippen LogP contribution is 2.22. The molecule has 1 amide bonds. The van der Waals surface area contributed by atoms with Crippen LogP contribution in [0.5, 0.6) is 0 Å². The summed E-state index contributed by atoms with van der Waals surface area (Å²) in [6.07, 6.45) is 9.01. The molecule has 1 atom stereocenters. The zero-order valence-electron chi connectivity index (χ0n) is 19.5. The van der Waals surface area contributed by atoms with Crippen molar-refractivity contribution in [3.63, 3.8) is 0 Å². The van der Waals surface area contributed by atoms with Gasteiger partial charge in [0.2, 0.25) is 12.7 Å². The molecule has 0 saturated carbocycles. The number of amides is 1. The number of hydrogen-bond acceptors (Lipinski definition) is 7. The van der Waals surface area contributed by atoms with Crippen molar-refractivity contribution in [2.75, 3.05) is 6.79 Å². The number of rotatable bonds is 14. The number of aliphatic imine (C=N–C) groups is 2. The van der Waals surface area contributed by atoms with Crippen LogP contribution in [-0.4, -0.2) is 42.5 Å². The number of ether oxygens (including phenoxy) is 3. The molecule has 1 heterocycles. The van der Waals surface area contributed by atoms with Gasteiger partial charge in [0.1, 0.15) is 6.04 Å². The molecule has 0 saturated heterocycles. The first-order valence-electron chi connectivity index (χ1n) is 11.0. The van der Waals surface area contributed by atoms with Crippen molar-refractivity contribution in [3.05, 3.63) is 24.1 Å². The van der Waals surface area contributed by atoms with Gasteiger partial charge in [-0.1, -0.05) is 45.8 Å². The van der Waals surface area contributed by atoms with Crippen molar-refractivity contribution >= 4 is 24.2 Å². The number of allylic oxidation sites excluding steroid dienone is 2. The predicted octanol–water partition coefficient (Wildman–Crippen LogP) is 5.05. The summed E-state index contributed by atoms with van der Waals surface area (Å²) in [7, 11) is 0. The average Bonchev–Trinajstić information content (AvgIpc) is 2.99. The third-order valence-electron chi connectivity index (χ3n) is 4.61. The number of alkyl carbamates (subject to hydrolysis) is 1. The van der Waals surface area contributed by atoms with Gasteiger partial charge in [0.15, 0.2) is 5.54 Å². The molecule has 0 radical (unpaired) electrons. The maximum absolute atomic E-state index is 12.3. The lowest BCUT2D eigenvalue weighted by molar-refractivity contribution is -0.138. The Morgan fingerprint density at radius 3 is 2.61 bits per heavy atom. The number of cyclic esters (lactones) is 1. The maximum atomic E-state index is 12.3. The highest BCUT2D eigenvalue weighted by molar-refractivity contribution is 6.02. The van der Waals surface area contributed by atoms with Crippen LogP contribution in [0.4, 0.5) is 4.79 Å². The molecule has 0 spiro atoms. The molecule has 1 aliphatic rings. The quantitative estimate of drug-likeness (QED) is 0.135. The smallest absolute Gasteiger partial charge is 0.410 e. The van der Waals surface area contributed by atoms with Gasteiger partial charge in [-0.15, -0.1) is 0 Å². The number of carbonyl (C=O) groups excluding carboxylic acids is 2. The van der Waals surface area contributed by atoms with Gasteiger partial charge in [0, 0.05) is 24.8 Å². The summed E-state index contributed by atoms with van der Waals surface area (Å²) in [5, 5.41) is 2.70. The second-order valence-electron chi connectivity index (χ2n) is 7.87. The monoisotopic (exact) mass is 435 g/mol. The molecule has 31 heavy (non-hydrogen) atoms. The Morgan fingerprint density at radius 1 is 1.29 bits per heavy atom. The molecule has 8 heteroatoms. The van der Waals surface area contributed by atoms with Crippen LogP contribution in [0, 0.1) is 0 Å². The van der Waals surface area contributed by atoms with Crippen LogP contribution in [-0.2, 0) is 19.0 Å². The van der Waals surface area contributed by atoms with Gasteiger partial charge in [0.05, 0.1) is 5.76 Å². The summed E-state index contributed by atoms with van der Waals surface area (Å²) < 4.78 is 15.8. The number of carbonyl (C=O) groups is 2. The zero-order chi connectivity index (χ0) is 23.3. The molecule has 1 N–H and O–H groups in total. The molecular formula is C23H37N3O5. The Hall–Kier alpha value is -2.64. The standard InChI is InChI=1S/C23H37N3O5/c1-7-10-12-13-17(4)29-16-30-22(28)25-19(15-18(9-3)24-14-11-8-2)20-26-23(5,6)21(27)31-20/h9,14,19H,4,7-8,10-13,15-16H2,1-3,5-6H3,(H,25,28)/b18-9-,24-14?. The van der Waals surface area contributed by atoms with Gasteiger partial charge in [-0.2, -0.15) is 0 Å². The maximum Gasteiger partial charge on any atom is 0.410 e. The van der Waals surface area contributed by atoms with Gasteiger partial charge in [-0.3, -0.25) is 4.99 Å². The lowest BCUT2D eigenvalue weighted by Crippen LogP contribution is -2.42. The number of esters is 1. The SMILES string of the molecule is C=C(CCCCC)OCOC(=O)NC(C/C(=C/C)N=CCCC)C1=NC(C)(C)C(=O)O1. The molecule has 0 aliphatic carbocycles. The molecule has 1 unspecified atom stereocenters. The lowest BCUT2D eigenvalue weighted by atomic mass is 10.1. The Bertz CT molecular complexity index is 710. The molecule has 174 valence electrons. The summed E-state index contributed by atoms with van der Waals surface area (Å²) in [6.45, 7) is 12.9. The van der Waals surface area contributed by atoms with Crippen molar-refractivity contribution in [2.45, 2.75) is 91.1 Å². The molecule has 0 bridgehead atoms. The van der Waals surface area contributed by atoms with Gasteiger partial charge in [-0.05, 0) is 33.6 Å². The molecular weight excluding hydrogens is 398 g/mol. The minimum Gasteiger partial charge on any atom is -0.462 e. The molecule has 0 aromatic carbocycles. The predicted molar refractivity (Wildman–Crippen MR) is 122 cm³/mol. The molecule has 1 aliphatic heterocycles. The third kappa shape index (κ3) is 9.81. The zero-order valence-corrected chi connectivity index (χ0v) is 19.5. The Balaban J connectivity index is 2.73. The van der Waals surface area contributed by atoms with Gasteiger partial charge >= 0.3 is 12.1 Å². The lowest BCUT2D eigenvalue weighted by Gasteiger charge is -2.18. The first kappa shape index (κ1) is 26.4. The van der Waals surface area contributed by atoms with Gasteiger partial charge < -0.3 is 19.5 Å². The Kier molecular flexibility index (Phi) is 11.6. The highest BCUT2D eigenvalue weighted by Gasteiger charge is 2.40. The fraction of sp³-hybridized carbons (Fsp3) is 0.652. The van der Waals surface area contributed by atoms with Crippen LogP contribution in [0.15, 0.2) is 34.1 Å². The van der Waals surface area contributed by atoms with E-state index in [1.807, 2.05) is 19.2 Å². The van der Waals surface area contributed by atoms with Crippen molar-refractivity contribution < 1.29 is 23.8 Å². The summed E-state index contributed by atoms with van der Waals surface area (Å²) >= 11 is 0. The van der Waals surface area contributed by atoms with E-state index in [-0.39, 0.29) is 12.7 Å². The molecule has 1 rings (SSSR count). The van der Waals surface area contributed by atoms with E-state index in [4.69, 9.17) is 14.2 Å². The minimum atomic E-state index is -1.000. The summed E-state index contributed by atoms with van der Waals surface area (Å²) in [6, 6.07) is -0.698. The van der Waals surface area contributed by atoms with Crippen molar-refractivity contribution in [3.8, 4) is 0 Å². The first-order valence-corrected chi connectivity index (χ1v) is 11.0. The normalized spacial score (nSPS) is 16.6. The number of unbranched alkanes of at least 4 members (excludes halogenated alkanes) is 3. The number of nitrogens with zero attached hydrogens (tertiary/aromatic N) is 2. The van der Waals surface area contributed by atoms with E-state index >= 15 is 0 Å². The van der Waals surface area contributed by atoms with E-state index in [0.717, 1.165) is 44.2 Å². The Morgan fingerprint density at radius 2 is 2.03 bits per heavy atom. The Labute approximate surface area is 185 Å². The van der Waals surface area contributed by atoms with Crippen molar-refractivity contribution in [1.82, 2.24) is 5.32 Å². The highest BCUT2D eigenvalue weighted by atomic mass is 16.7. The topological polar surface area (TPSA) is 98.6 Å². The average molecular weight is 436 g/mol. The minimum absolute atomic E-state index is 0.141. The van der Waals surface area contributed by atoms with Crippen LogP contribution in [0.25, 0.3) is 0 Å². The number of nitrogens with one attached hydrogen (secondary N) is 1. The molecule has 0 aromatic rings. The molecule has 0 aromatic heterocycles. The van der Waals surface area contributed by atoms with E-state index in [1.165, 1.54) is 0 Å². The fourth-order valence-electron chi connectivity index (χ4n) is 2.67. The van der Waals surface area contributed by atoms with Crippen LogP contribution >= 0.6 is 0 Å². The van der Waals surface area contributed by atoms with Crippen molar-refractivity contribution in [1.29, 1.82) is 0 Å². The van der Waals surface area contributed by atoms with E-state index < -0.39 is 23.6 Å². The third-order valence-corrected chi connectivity index (χ3v) is 4.61. The number of hydrogen-bond donors (Lipinski definition) is 1. The summed E-state index contributed by atoms with van der Waals surface area (Å²) in [4.78, 5) is 33.2. The second kappa shape index (κ2) is 13.6. The van der Waals surface area contributed by atoms with Crippen LogP contribution in [0.3, 0.4) is 0 Å². The van der Waals surface area contributed by atoms with Crippen LogP contribution in [0.2, 0.25) is 0 Å².